The first-order valence-electron chi connectivity index (χ1n) is 5.96. The lowest BCUT2D eigenvalue weighted by Crippen LogP contribution is -2.56. The van der Waals surface area contributed by atoms with Gasteiger partial charge in [0.25, 0.3) is 0 Å². The third-order valence-electron chi connectivity index (χ3n) is 3.48. The van der Waals surface area contributed by atoms with Crippen LogP contribution in [0.5, 0.6) is 0 Å². The molecule has 0 aromatic carbocycles. The second-order valence-corrected chi connectivity index (χ2v) is 6.14. The SMILES string of the molecule is CC1(C(=O)O)COCC1NC(=O)[C@@H](N)C(C)(C)C. The molecule has 4 N–H and O–H groups in total. The van der Waals surface area contributed by atoms with Crippen LogP contribution < -0.4 is 11.1 Å². The van der Waals surface area contributed by atoms with Gasteiger partial charge in [0, 0.05) is 0 Å². The molecular formula is C12H22N2O4. The van der Waals surface area contributed by atoms with E-state index in [0.717, 1.165) is 0 Å². The van der Waals surface area contributed by atoms with Crippen LogP contribution in [0.2, 0.25) is 0 Å². The normalized spacial score (nSPS) is 29.9. The number of carboxylic acid groups (broad SMARTS) is 1. The highest BCUT2D eigenvalue weighted by molar-refractivity contribution is 5.84. The van der Waals surface area contributed by atoms with Crippen molar-refractivity contribution in [3.05, 3.63) is 0 Å². The van der Waals surface area contributed by atoms with E-state index >= 15 is 0 Å². The molecule has 1 aliphatic rings. The van der Waals surface area contributed by atoms with Gasteiger partial charge in [-0.05, 0) is 12.3 Å². The molecule has 1 amide bonds. The topological polar surface area (TPSA) is 102 Å². The van der Waals surface area contributed by atoms with E-state index in [1.54, 1.807) is 6.92 Å². The zero-order valence-electron chi connectivity index (χ0n) is 11.3. The smallest absolute Gasteiger partial charge is 0.313 e. The molecule has 2 unspecified atom stereocenters. The summed E-state index contributed by atoms with van der Waals surface area (Å²) in [6.45, 7) is 7.44. The summed E-state index contributed by atoms with van der Waals surface area (Å²) in [6, 6.07) is -1.23. The lowest BCUT2D eigenvalue weighted by atomic mass is 9.83. The summed E-state index contributed by atoms with van der Waals surface area (Å²) in [5, 5.41) is 11.9. The Morgan fingerprint density at radius 2 is 2.06 bits per heavy atom. The van der Waals surface area contributed by atoms with Gasteiger partial charge >= 0.3 is 5.97 Å². The molecule has 0 radical (unpaired) electrons. The van der Waals surface area contributed by atoms with Crippen molar-refractivity contribution in [1.29, 1.82) is 0 Å². The molecule has 6 nitrogen and oxygen atoms in total. The average molecular weight is 258 g/mol. The maximum Gasteiger partial charge on any atom is 0.313 e. The van der Waals surface area contributed by atoms with Gasteiger partial charge in [-0.3, -0.25) is 9.59 Å². The summed E-state index contributed by atoms with van der Waals surface area (Å²) in [7, 11) is 0. The molecule has 18 heavy (non-hydrogen) atoms. The van der Waals surface area contributed by atoms with E-state index in [9.17, 15) is 14.7 Å². The quantitative estimate of drug-likeness (QED) is 0.659. The number of rotatable bonds is 3. The summed E-state index contributed by atoms with van der Waals surface area (Å²) >= 11 is 0. The molecule has 104 valence electrons. The monoisotopic (exact) mass is 258 g/mol. The minimum absolute atomic E-state index is 0.0953. The largest absolute Gasteiger partial charge is 0.481 e. The number of aliphatic carboxylic acids is 1. The van der Waals surface area contributed by atoms with Gasteiger partial charge in [-0.15, -0.1) is 0 Å². The molecule has 0 aromatic heterocycles. The van der Waals surface area contributed by atoms with Gasteiger partial charge in [0.15, 0.2) is 0 Å². The third kappa shape index (κ3) is 2.81. The predicted molar refractivity (Wildman–Crippen MR) is 65.9 cm³/mol. The fraction of sp³-hybridized carbons (Fsp3) is 0.833. The molecule has 0 bridgehead atoms. The van der Waals surface area contributed by atoms with Crippen LogP contribution in [0, 0.1) is 10.8 Å². The molecule has 0 spiro atoms. The van der Waals surface area contributed by atoms with Crippen molar-refractivity contribution in [2.45, 2.75) is 39.8 Å². The van der Waals surface area contributed by atoms with Crippen molar-refractivity contribution in [2.24, 2.45) is 16.6 Å². The van der Waals surface area contributed by atoms with Gasteiger partial charge in [-0.1, -0.05) is 20.8 Å². The number of hydrogen-bond acceptors (Lipinski definition) is 4. The van der Waals surface area contributed by atoms with E-state index < -0.39 is 23.5 Å². The third-order valence-corrected chi connectivity index (χ3v) is 3.48. The van der Waals surface area contributed by atoms with Gasteiger partial charge in [0.2, 0.25) is 5.91 Å². The zero-order valence-corrected chi connectivity index (χ0v) is 11.3. The van der Waals surface area contributed by atoms with E-state index in [-0.39, 0.29) is 24.5 Å². The zero-order chi connectivity index (χ0) is 14.1. The van der Waals surface area contributed by atoms with Crippen LogP contribution in [0.15, 0.2) is 0 Å². The summed E-state index contributed by atoms with van der Waals surface area (Å²) in [5.41, 5.74) is 4.37. The van der Waals surface area contributed by atoms with E-state index in [1.807, 2.05) is 20.8 Å². The van der Waals surface area contributed by atoms with Gasteiger partial charge in [-0.25, -0.2) is 0 Å². The van der Waals surface area contributed by atoms with Crippen molar-refractivity contribution in [3.63, 3.8) is 0 Å². The Kier molecular flexibility index (Phi) is 4.02. The number of amides is 1. The molecule has 0 saturated carbocycles. The van der Waals surface area contributed by atoms with Crippen LogP contribution >= 0.6 is 0 Å². The number of carbonyl (C=O) groups is 2. The number of hydrogen-bond donors (Lipinski definition) is 3. The molecule has 0 aliphatic carbocycles. The maximum atomic E-state index is 12.0. The van der Waals surface area contributed by atoms with Crippen molar-refractivity contribution in [1.82, 2.24) is 5.32 Å². The minimum atomic E-state index is -1.09. The van der Waals surface area contributed by atoms with Crippen molar-refractivity contribution in [3.8, 4) is 0 Å². The number of ether oxygens (including phenoxy) is 1. The molecule has 3 atom stereocenters. The number of carboxylic acids is 1. The average Bonchev–Trinajstić information content (AvgIpc) is 2.59. The van der Waals surface area contributed by atoms with Crippen LogP contribution in [-0.4, -0.2) is 42.3 Å². The van der Waals surface area contributed by atoms with Crippen LogP contribution in [0.3, 0.4) is 0 Å². The van der Waals surface area contributed by atoms with Crippen LogP contribution in [0.4, 0.5) is 0 Å². The van der Waals surface area contributed by atoms with Crippen LogP contribution in [0.1, 0.15) is 27.7 Å². The van der Waals surface area contributed by atoms with Crippen molar-refractivity contribution in [2.75, 3.05) is 13.2 Å². The summed E-state index contributed by atoms with van der Waals surface area (Å²) < 4.78 is 5.16. The van der Waals surface area contributed by atoms with Crippen LogP contribution in [-0.2, 0) is 14.3 Å². The second kappa shape index (κ2) is 4.85. The Hall–Kier alpha value is -1.14. The van der Waals surface area contributed by atoms with E-state index in [0.29, 0.717) is 0 Å². The first kappa shape index (κ1) is 14.9. The van der Waals surface area contributed by atoms with Gasteiger partial charge in [0.05, 0.1) is 25.3 Å². The fourth-order valence-electron chi connectivity index (χ4n) is 1.74. The van der Waals surface area contributed by atoms with E-state index in [1.165, 1.54) is 0 Å². The molecule has 1 heterocycles. The Morgan fingerprint density at radius 1 is 1.50 bits per heavy atom. The van der Waals surface area contributed by atoms with Crippen LogP contribution in [0.25, 0.3) is 0 Å². The molecule has 1 saturated heterocycles. The number of nitrogens with two attached hydrogens (primary N) is 1. The Balaban J connectivity index is 2.74. The molecule has 1 rings (SSSR count). The van der Waals surface area contributed by atoms with Gasteiger partial charge in [-0.2, -0.15) is 0 Å². The Bertz CT molecular complexity index is 350. The molecule has 1 aliphatic heterocycles. The molecular weight excluding hydrogens is 236 g/mol. The van der Waals surface area contributed by atoms with E-state index in [2.05, 4.69) is 5.32 Å². The van der Waals surface area contributed by atoms with Gasteiger partial charge < -0.3 is 20.9 Å². The first-order valence-corrected chi connectivity index (χ1v) is 5.96. The predicted octanol–water partition coefficient (Wildman–Crippen LogP) is -0.0343. The minimum Gasteiger partial charge on any atom is -0.481 e. The second-order valence-electron chi connectivity index (χ2n) is 6.14. The molecule has 0 aromatic rings. The number of carbonyl (C=O) groups excluding carboxylic acids is 1. The van der Waals surface area contributed by atoms with Crippen molar-refractivity contribution >= 4 is 11.9 Å². The molecule has 1 fully saturated rings. The highest BCUT2D eigenvalue weighted by atomic mass is 16.5. The Morgan fingerprint density at radius 3 is 2.50 bits per heavy atom. The van der Waals surface area contributed by atoms with Gasteiger partial charge in [0.1, 0.15) is 5.41 Å². The first-order chi connectivity index (χ1) is 8.09. The maximum absolute atomic E-state index is 12.0. The Labute approximate surface area is 107 Å². The summed E-state index contributed by atoms with van der Waals surface area (Å²) in [4.78, 5) is 23.2. The lowest BCUT2D eigenvalue weighted by Gasteiger charge is -2.30. The van der Waals surface area contributed by atoms with E-state index in [4.69, 9.17) is 10.5 Å². The fourth-order valence-corrected chi connectivity index (χ4v) is 1.74. The molecule has 6 heteroatoms. The highest BCUT2D eigenvalue weighted by Crippen LogP contribution is 2.29. The highest BCUT2D eigenvalue weighted by Gasteiger charge is 2.48. The standard InChI is InChI=1S/C12H22N2O4/c1-11(2,3)8(13)9(15)14-7-5-18-6-12(7,4)10(16)17/h7-8H,5-6,13H2,1-4H3,(H,14,15)(H,16,17)/t7?,8-,12?/m1/s1. The van der Waals surface area contributed by atoms with Crippen molar-refractivity contribution < 1.29 is 19.4 Å². The number of nitrogens with one attached hydrogen (secondary N) is 1. The summed E-state index contributed by atoms with van der Waals surface area (Å²) in [5.74, 6) is -1.32. The summed E-state index contributed by atoms with van der Waals surface area (Å²) in [6.07, 6.45) is 0. The lowest BCUT2D eigenvalue weighted by molar-refractivity contribution is -0.149.